The fourth-order valence-electron chi connectivity index (χ4n) is 3.07. The van der Waals surface area contributed by atoms with Crippen molar-refractivity contribution in [2.75, 3.05) is 12.4 Å². The zero-order valence-electron chi connectivity index (χ0n) is 16.2. The van der Waals surface area contributed by atoms with Gasteiger partial charge in [0.25, 0.3) is 0 Å². The minimum atomic E-state index is -0.539. The van der Waals surface area contributed by atoms with Crippen LogP contribution in [0.15, 0.2) is 24.3 Å². The van der Waals surface area contributed by atoms with Gasteiger partial charge < -0.3 is 4.74 Å². The first-order chi connectivity index (χ1) is 12.3. The lowest BCUT2D eigenvalue weighted by molar-refractivity contribution is -0.185. The minimum absolute atomic E-state index is 0.0585. The Hall–Kier alpha value is -2.08. The summed E-state index contributed by atoms with van der Waals surface area (Å²) in [5.41, 5.74) is 1.04. The van der Waals surface area contributed by atoms with E-state index in [4.69, 9.17) is 9.57 Å². The molecule has 1 saturated carbocycles. The Morgan fingerprint density at radius 2 is 1.73 bits per heavy atom. The van der Waals surface area contributed by atoms with Crippen LogP contribution in [0.3, 0.4) is 0 Å². The highest BCUT2D eigenvalue weighted by molar-refractivity contribution is 5.84. The molecule has 2 rings (SSSR count). The predicted molar refractivity (Wildman–Crippen MR) is 100 cm³/mol. The number of amides is 2. The van der Waals surface area contributed by atoms with Crippen LogP contribution in [0.4, 0.5) is 10.5 Å². The molecule has 0 saturated heterocycles. The summed E-state index contributed by atoms with van der Waals surface area (Å²) >= 11 is 0. The number of rotatable bonds is 5. The van der Waals surface area contributed by atoms with Crippen LogP contribution in [0.2, 0.25) is 0 Å². The third-order valence-corrected chi connectivity index (χ3v) is 4.35. The number of nitrogens with zero attached hydrogens (tertiary/aromatic N) is 1. The Balaban J connectivity index is 1.92. The van der Waals surface area contributed by atoms with Crippen LogP contribution < -0.4 is 5.32 Å². The first kappa shape index (κ1) is 20.2. The number of ether oxygens (including phenoxy) is 1. The van der Waals surface area contributed by atoms with Crippen molar-refractivity contribution in [3.05, 3.63) is 29.8 Å². The molecule has 6 heteroatoms. The Morgan fingerprint density at radius 3 is 2.27 bits per heavy atom. The Morgan fingerprint density at radius 1 is 1.12 bits per heavy atom. The van der Waals surface area contributed by atoms with E-state index in [-0.39, 0.29) is 11.8 Å². The first-order valence-electron chi connectivity index (χ1n) is 9.23. The van der Waals surface area contributed by atoms with Crippen molar-refractivity contribution in [1.29, 1.82) is 0 Å². The van der Waals surface area contributed by atoms with Gasteiger partial charge in [-0.2, -0.15) is 0 Å². The molecular formula is C20H30N2O4. The van der Waals surface area contributed by atoms with E-state index >= 15 is 0 Å². The SMILES string of the molecule is CON(Cc1ccc(NC(=O)OC(C)(C)C)cc1)C(=O)C1CCCCC1. The van der Waals surface area contributed by atoms with Crippen LogP contribution in [0.5, 0.6) is 0 Å². The molecular weight excluding hydrogens is 332 g/mol. The van der Waals surface area contributed by atoms with Gasteiger partial charge in [0.1, 0.15) is 5.60 Å². The molecule has 6 nitrogen and oxygen atoms in total. The van der Waals surface area contributed by atoms with Crippen molar-refractivity contribution in [2.24, 2.45) is 5.92 Å². The smallest absolute Gasteiger partial charge is 0.412 e. The molecule has 0 aromatic heterocycles. The normalized spacial score (nSPS) is 15.4. The van der Waals surface area contributed by atoms with Gasteiger partial charge in [-0.3, -0.25) is 14.9 Å². The van der Waals surface area contributed by atoms with Gasteiger partial charge in [-0.25, -0.2) is 9.86 Å². The third-order valence-electron chi connectivity index (χ3n) is 4.35. The molecule has 0 bridgehead atoms. The monoisotopic (exact) mass is 362 g/mol. The second-order valence-corrected chi connectivity index (χ2v) is 7.72. The molecule has 1 fully saturated rings. The van der Waals surface area contributed by atoms with Gasteiger partial charge in [0.15, 0.2) is 0 Å². The summed E-state index contributed by atoms with van der Waals surface area (Å²) in [5, 5.41) is 4.13. The molecule has 1 aliphatic rings. The molecule has 0 aliphatic heterocycles. The summed E-state index contributed by atoms with van der Waals surface area (Å²) in [6.07, 6.45) is 4.83. The van der Waals surface area contributed by atoms with Crippen molar-refractivity contribution in [3.8, 4) is 0 Å². The predicted octanol–water partition coefficient (Wildman–Crippen LogP) is 4.50. The Bertz CT molecular complexity index is 601. The number of carbonyl (C=O) groups excluding carboxylic acids is 2. The van der Waals surface area contributed by atoms with E-state index in [1.807, 2.05) is 32.9 Å². The van der Waals surface area contributed by atoms with Crippen LogP contribution in [-0.4, -0.2) is 29.8 Å². The number of carbonyl (C=O) groups is 2. The van der Waals surface area contributed by atoms with Crippen molar-refractivity contribution in [1.82, 2.24) is 5.06 Å². The van der Waals surface area contributed by atoms with E-state index in [0.29, 0.717) is 12.2 Å². The number of nitrogens with one attached hydrogen (secondary N) is 1. The van der Waals surface area contributed by atoms with Crippen molar-refractivity contribution < 1.29 is 19.2 Å². The van der Waals surface area contributed by atoms with E-state index in [9.17, 15) is 9.59 Å². The molecule has 2 amide bonds. The Kier molecular flexibility index (Phi) is 7.03. The number of hydrogen-bond acceptors (Lipinski definition) is 4. The molecule has 26 heavy (non-hydrogen) atoms. The molecule has 0 heterocycles. The van der Waals surface area contributed by atoms with Crippen molar-refractivity contribution >= 4 is 17.7 Å². The zero-order chi connectivity index (χ0) is 19.2. The van der Waals surface area contributed by atoms with Crippen LogP contribution >= 0.6 is 0 Å². The lowest BCUT2D eigenvalue weighted by Gasteiger charge is -2.27. The molecule has 0 unspecified atom stereocenters. The van der Waals surface area contributed by atoms with Gasteiger partial charge in [0, 0.05) is 11.6 Å². The van der Waals surface area contributed by atoms with Crippen LogP contribution in [0.1, 0.15) is 58.4 Å². The highest BCUT2D eigenvalue weighted by Crippen LogP contribution is 2.26. The molecule has 1 aliphatic carbocycles. The molecule has 0 radical (unpaired) electrons. The Labute approximate surface area is 155 Å². The molecule has 1 aromatic rings. The van der Waals surface area contributed by atoms with Crippen LogP contribution in [0, 0.1) is 5.92 Å². The largest absolute Gasteiger partial charge is 0.444 e. The first-order valence-corrected chi connectivity index (χ1v) is 9.23. The zero-order valence-corrected chi connectivity index (χ0v) is 16.2. The molecule has 0 spiro atoms. The van der Waals surface area contributed by atoms with Gasteiger partial charge in [0.2, 0.25) is 5.91 Å². The van der Waals surface area contributed by atoms with E-state index in [2.05, 4.69) is 5.32 Å². The lowest BCUT2D eigenvalue weighted by atomic mass is 9.88. The molecule has 1 aromatic carbocycles. The maximum absolute atomic E-state index is 12.6. The van der Waals surface area contributed by atoms with Gasteiger partial charge in [-0.1, -0.05) is 31.4 Å². The van der Waals surface area contributed by atoms with Crippen LogP contribution in [0.25, 0.3) is 0 Å². The minimum Gasteiger partial charge on any atom is -0.444 e. The fraction of sp³-hybridized carbons (Fsp3) is 0.600. The maximum atomic E-state index is 12.6. The maximum Gasteiger partial charge on any atom is 0.412 e. The highest BCUT2D eigenvalue weighted by Gasteiger charge is 2.26. The number of anilines is 1. The van der Waals surface area contributed by atoms with E-state index in [1.54, 1.807) is 12.1 Å². The van der Waals surface area contributed by atoms with Gasteiger partial charge in [-0.15, -0.1) is 0 Å². The summed E-state index contributed by atoms with van der Waals surface area (Å²) < 4.78 is 5.23. The fourth-order valence-corrected chi connectivity index (χ4v) is 3.07. The van der Waals surface area contributed by atoms with E-state index in [1.165, 1.54) is 18.6 Å². The summed E-state index contributed by atoms with van der Waals surface area (Å²) in [5.74, 6) is 0.125. The average molecular weight is 362 g/mol. The second kappa shape index (κ2) is 9.03. The number of hydrogen-bond donors (Lipinski definition) is 1. The third kappa shape index (κ3) is 6.33. The van der Waals surface area contributed by atoms with Crippen LogP contribution in [-0.2, 0) is 20.9 Å². The van der Waals surface area contributed by atoms with Crippen molar-refractivity contribution in [2.45, 2.75) is 65.0 Å². The lowest BCUT2D eigenvalue weighted by Crippen LogP contribution is -2.35. The quantitative estimate of drug-likeness (QED) is 0.783. The van der Waals surface area contributed by atoms with E-state index in [0.717, 1.165) is 31.2 Å². The molecule has 1 N–H and O–H groups in total. The van der Waals surface area contributed by atoms with Gasteiger partial charge >= 0.3 is 6.09 Å². The summed E-state index contributed by atoms with van der Waals surface area (Å²) in [6, 6.07) is 7.32. The summed E-state index contributed by atoms with van der Waals surface area (Å²) in [6.45, 7) is 5.84. The van der Waals surface area contributed by atoms with Crippen molar-refractivity contribution in [3.63, 3.8) is 0 Å². The highest BCUT2D eigenvalue weighted by atomic mass is 16.7. The van der Waals surface area contributed by atoms with Gasteiger partial charge in [-0.05, 0) is 51.3 Å². The molecule has 0 atom stereocenters. The second-order valence-electron chi connectivity index (χ2n) is 7.72. The number of hydroxylamine groups is 2. The summed E-state index contributed by atoms with van der Waals surface area (Å²) in [7, 11) is 1.53. The standard InChI is InChI=1S/C20H30N2O4/c1-20(2,3)26-19(24)21-17-12-10-15(11-13-17)14-22(25-4)18(23)16-8-6-5-7-9-16/h10-13,16H,5-9,14H2,1-4H3,(H,21,24). The van der Waals surface area contributed by atoms with Gasteiger partial charge in [0.05, 0.1) is 13.7 Å². The van der Waals surface area contributed by atoms with E-state index < -0.39 is 11.7 Å². The summed E-state index contributed by atoms with van der Waals surface area (Å²) in [4.78, 5) is 29.7. The topological polar surface area (TPSA) is 67.9 Å². The molecule has 144 valence electrons. The number of benzene rings is 1. The average Bonchev–Trinajstić information content (AvgIpc) is 2.59.